The lowest BCUT2D eigenvalue weighted by Crippen LogP contribution is -2.27. The second-order valence-electron chi connectivity index (χ2n) is 4.74. The first-order chi connectivity index (χ1) is 10.8. The van der Waals surface area contributed by atoms with Crippen molar-refractivity contribution >= 4 is 29.5 Å². The molecule has 0 bridgehead atoms. The van der Waals surface area contributed by atoms with Crippen molar-refractivity contribution < 1.29 is 4.79 Å². The molecule has 22 heavy (non-hydrogen) atoms. The molecule has 0 radical (unpaired) electrons. The zero-order chi connectivity index (χ0) is 15.4. The molecule has 0 fully saturated rings. The molecule has 0 atom stereocenters. The number of hydrogen-bond donors (Lipinski definition) is 2. The Labute approximate surface area is 137 Å². The van der Waals surface area contributed by atoms with Crippen LogP contribution in [-0.4, -0.2) is 22.0 Å². The topological polar surface area (TPSA) is 49.8 Å². The average molecular weight is 329 g/mol. The summed E-state index contributed by atoms with van der Waals surface area (Å²) in [4.78, 5) is 16.6. The van der Waals surface area contributed by atoms with E-state index in [-0.39, 0.29) is 5.91 Å². The Balaban J connectivity index is 1.75. The van der Waals surface area contributed by atoms with Crippen LogP contribution >= 0.6 is 23.6 Å². The summed E-state index contributed by atoms with van der Waals surface area (Å²) in [7, 11) is 0. The van der Waals surface area contributed by atoms with Gasteiger partial charge < -0.3 is 10.3 Å². The molecule has 0 saturated heterocycles. The minimum absolute atomic E-state index is 0.132. The van der Waals surface area contributed by atoms with Crippen molar-refractivity contribution in [1.29, 1.82) is 0 Å². The Bertz CT molecular complexity index is 804. The molecule has 4 nitrogen and oxygen atoms in total. The Morgan fingerprint density at radius 2 is 2.05 bits per heavy atom. The largest absolute Gasteiger partial charge is 0.350 e. The van der Waals surface area contributed by atoms with Crippen LogP contribution in [-0.2, 0) is 6.42 Å². The number of benzene rings is 1. The summed E-state index contributed by atoms with van der Waals surface area (Å²) in [5.41, 5.74) is 1.39. The number of rotatable bonds is 5. The van der Waals surface area contributed by atoms with E-state index in [4.69, 9.17) is 12.2 Å². The number of nitrogens with one attached hydrogen (secondary N) is 2. The third-order valence-corrected chi connectivity index (χ3v) is 4.50. The molecule has 0 unspecified atom stereocenters. The number of para-hydroxylation sites is 1. The van der Waals surface area contributed by atoms with Gasteiger partial charge in [-0.2, -0.15) is 0 Å². The third kappa shape index (κ3) is 3.18. The number of aromatic amines is 1. The van der Waals surface area contributed by atoms with E-state index < -0.39 is 0 Å². The number of imidazole rings is 1. The van der Waals surface area contributed by atoms with Crippen LogP contribution in [0.3, 0.4) is 0 Å². The van der Waals surface area contributed by atoms with E-state index in [1.54, 1.807) is 22.1 Å². The summed E-state index contributed by atoms with van der Waals surface area (Å²) < 4.78 is 2.25. The Hall–Kier alpha value is -2.18. The quantitative estimate of drug-likeness (QED) is 0.703. The summed E-state index contributed by atoms with van der Waals surface area (Å²) in [6.45, 7) is 0.603. The SMILES string of the molecule is O=C(NCCc1cccs1)c1c[nH]c(=S)n1-c1ccccc1. The molecule has 3 aromatic rings. The van der Waals surface area contributed by atoms with Crippen LogP contribution in [0.25, 0.3) is 5.69 Å². The van der Waals surface area contributed by atoms with Crippen molar-refractivity contribution in [2.45, 2.75) is 6.42 Å². The number of carbonyl (C=O) groups excluding carboxylic acids is 1. The first-order valence-electron chi connectivity index (χ1n) is 6.92. The molecule has 2 heterocycles. The van der Waals surface area contributed by atoms with Crippen LogP contribution in [0.1, 0.15) is 15.4 Å². The van der Waals surface area contributed by atoms with Crippen molar-refractivity contribution in [1.82, 2.24) is 14.9 Å². The second-order valence-corrected chi connectivity index (χ2v) is 6.15. The maximum absolute atomic E-state index is 12.4. The normalized spacial score (nSPS) is 10.5. The monoisotopic (exact) mass is 329 g/mol. The summed E-state index contributed by atoms with van der Waals surface area (Å²) in [6, 6.07) is 13.7. The number of amides is 1. The molecule has 0 spiro atoms. The highest BCUT2D eigenvalue weighted by atomic mass is 32.1. The van der Waals surface area contributed by atoms with Crippen molar-refractivity contribution in [3.63, 3.8) is 0 Å². The summed E-state index contributed by atoms with van der Waals surface area (Å²) >= 11 is 6.98. The molecule has 1 aromatic carbocycles. The highest BCUT2D eigenvalue weighted by Gasteiger charge is 2.13. The molecule has 0 aliphatic heterocycles. The highest BCUT2D eigenvalue weighted by Crippen LogP contribution is 2.13. The summed E-state index contributed by atoms with van der Waals surface area (Å²) in [5.74, 6) is -0.132. The number of thiophene rings is 1. The lowest BCUT2D eigenvalue weighted by Gasteiger charge is -2.08. The lowest BCUT2D eigenvalue weighted by atomic mass is 10.3. The van der Waals surface area contributed by atoms with Gasteiger partial charge in [0.2, 0.25) is 0 Å². The van der Waals surface area contributed by atoms with E-state index in [0.29, 0.717) is 17.0 Å². The van der Waals surface area contributed by atoms with Crippen LogP contribution in [0.5, 0.6) is 0 Å². The predicted molar refractivity (Wildman–Crippen MR) is 91.3 cm³/mol. The minimum Gasteiger partial charge on any atom is -0.350 e. The number of carbonyl (C=O) groups is 1. The van der Waals surface area contributed by atoms with Gasteiger partial charge in [-0.1, -0.05) is 24.3 Å². The van der Waals surface area contributed by atoms with Crippen LogP contribution in [0.4, 0.5) is 0 Å². The zero-order valence-electron chi connectivity index (χ0n) is 11.8. The Kier molecular flexibility index (Phi) is 4.50. The molecule has 2 aromatic heterocycles. The van der Waals surface area contributed by atoms with E-state index in [1.165, 1.54) is 4.88 Å². The van der Waals surface area contributed by atoms with Gasteiger partial charge in [-0.15, -0.1) is 11.3 Å². The maximum atomic E-state index is 12.4. The molecular formula is C16H15N3OS2. The summed E-state index contributed by atoms with van der Waals surface area (Å²) in [6.07, 6.45) is 2.48. The molecule has 0 aliphatic carbocycles. The first kappa shape index (κ1) is 14.7. The molecule has 6 heteroatoms. The Morgan fingerprint density at radius 1 is 1.23 bits per heavy atom. The number of nitrogens with zero attached hydrogens (tertiary/aromatic N) is 1. The van der Waals surface area contributed by atoms with Crippen molar-refractivity contribution in [2.24, 2.45) is 0 Å². The van der Waals surface area contributed by atoms with E-state index >= 15 is 0 Å². The van der Waals surface area contributed by atoms with Gasteiger partial charge in [-0.25, -0.2) is 0 Å². The van der Waals surface area contributed by atoms with E-state index in [2.05, 4.69) is 16.4 Å². The Morgan fingerprint density at radius 3 is 2.77 bits per heavy atom. The third-order valence-electron chi connectivity index (χ3n) is 3.26. The van der Waals surface area contributed by atoms with E-state index in [0.717, 1.165) is 12.1 Å². The predicted octanol–water partition coefficient (Wildman–Crippen LogP) is 3.57. The van der Waals surface area contributed by atoms with Crippen LogP contribution in [0.15, 0.2) is 54.0 Å². The molecule has 0 aliphatic rings. The van der Waals surface area contributed by atoms with Gasteiger partial charge in [-0.05, 0) is 42.2 Å². The fraction of sp³-hybridized carbons (Fsp3) is 0.125. The van der Waals surface area contributed by atoms with Gasteiger partial charge in [-0.3, -0.25) is 9.36 Å². The molecule has 112 valence electrons. The van der Waals surface area contributed by atoms with Crippen molar-refractivity contribution in [3.05, 3.63) is 69.4 Å². The van der Waals surface area contributed by atoms with Crippen LogP contribution in [0.2, 0.25) is 0 Å². The fourth-order valence-corrected chi connectivity index (χ4v) is 3.19. The summed E-state index contributed by atoms with van der Waals surface area (Å²) in [5, 5.41) is 4.98. The zero-order valence-corrected chi connectivity index (χ0v) is 13.4. The van der Waals surface area contributed by atoms with Crippen molar-refractivity contribution in [3.8, 4) is 5.69 Å². The molecule has 2 N–H and O–H groups in total. The van der Waals surface area contributed by atoms with E-state index in [1.807, 2.05) is 41.8 Å². The van der Waals surface area contributed by atoms with Gasteiger partial charge in [0.1, 0.15) is 5.69 Å². The molecule has 0 saturated carbocycles. The molecule has 1 amide bonds. The first-order valence-corrected chi connectivity index (χ1v) is 8.21. The molecule has 3 rings (SSSR count). The standard InChI is InChI=1S/C16H15N3OS2/c20-15(17-9-8-13-7-4-10-22-13)14-11-18-16(21)19(14)12-5-2-1-3-6-12/h1-7,10-11H,8-9H2,(H,17,20)(H,18,21). The maximum Gasteiger partial charge on any atom is 0.269 e. The average Bonchev–Trinajstić information content (AvgIpc) is 3.17. The van der Waals surface area contributed by atoms with Crippen molar-refractivity contribution in [2.75, 3.05) is 6.54 Å². The van der Waals surface area contributed by atoms with Gasteiger partial charge in [0, 0.05) is 23.3 Å². The number of H-pyrrole nitrogens is 1. The van der Waals surface area contributed by atoms with Crippen LogP contribution in [0, 0.1) is 4.77 Å². The number of hydrogen-bond acceptors (Lipinski definition) is 3. The van der Waals surface area contributed by atoms with Crippen LogP contribution < -0.4 is 5.32 Å². The second kappa shape index (κ2) is 6.72. The lowest BCUT2D eigenvalue weighted by molar-refractivity contribution is 0.0947. The van der Waals surface area contributed by atoms with Gasteiger partial charge in [0.15, 0.2) is 4.77 Å². The fourth-order valence-electron chi connectivity index (χ4n) is 2.21. The van der Waals surface area contributed by atoms with Gasteiger partial charge >= 0.3 is 0 Å². The number of aromatic nitrogens is 2. The minimum atomic E-state index is -0.132. The smallest absolute Gasteiger partial charge is 0.269 e. The van der Waals surface area contributed by atoms with Gasteiger partial charge in [0.25, 0.3) is 5.91 Å². The van der Waals surface area contributed by atoms with Gasteiger partial charge in [0.05, 0.1) is 0 Å². The van der Waals surface area contributed by atoms with E-state index in [9.17, 15) is 4.79 Å². The highest BCUT2D eigenvalue weighted by molar-refractivity contribution is 7.71. The molecular weight excluding hydrogens is 314 g/mol.